The first-order valence-electron chi connectivity index (χ1n) is 5.67. The quantitative estimate of drug-likeness (QED) is 0.919. The van der Waals surface area contributed by atoms with Gasteiger partial charge in [-0.1, -0.05) is 29.3 Å². The highest BCUT2D eigenvalue weighted by Gasteiger charge is 2.18. The molecule has 1 unspecified atom stereocenters. The maximum Gasteiger partial charge on any atom is 0.0766 e. The van der Waals surface area contributed by atoms with Gasteiger partial charge >= 0.3 is 0 Å². The van der Waals surface area contributed by atoms with Crippen molar-refractivity contribution in [2.24, 2.45) is 0 Å². The summed E-state index contributed by atoms with van der Waals surface area (Å²) in [6, 6.07) is 9.36. The van der Waals surface area contributed by atoms with Crippen LogP contribution < -0.4 is 5.32 Å². The Labute approximate surface area is 117 Å². The molecule has 4 heteroatoms. The molecule has 1 heterocycles. The summed E-state index contributed by atoms with van der Waals surface area (Å²) in [6.07, 6.45) is 1.78. The molecule has 0 bridgehead atoms. The first-order chi connectivity index (χ1) is 8.63. The molecule has 94 valence electrons. The molecule has 0 aliphatic heterocycles. The van der Waals surface area contributed by atoms with E-state index in [1.165, 1.54) is 0 Å². The Kier molecular flexibility index (Phi) is 4.23. The molecule has 0 saturated carbocycles. The molecule has 1 N–H and O–H groups in total. The van der Waals surface area contributed by atoms with Crippen molar-refractivity contribution in [3.05, 3.63) is 63.4 Å². The molecule has 2 nitrogen and oxygen atoms in total. The predicted molar refractivity (Wildman–Crippen MR) is 76.3 cm³/mol. The smallest absolute Gasteiger partial charge is 0.0766 e. The number of nitrogens with one attached hydrogen (secondary N) is 1. The molecule has 1 aromatic heterocycles. The second-order valence-electron chi connectivity index (χ2n) is 4.09. The minimum Gasteiger partial charge on any atom is -0.308 e. The van der Waals surface area contributed by atoms with E-state index in [-0.39, 0.29) is 6.04 Å². The molecule has 1 atom stereocenters. The number of halogens is 2. The molecule has 0 saturated heterocycles. The SMILES string of the molecule is CNC(c1cc(Cl)ccc1Cl)c1ncccc1C. The Balaban J connectivity index is 2.52. The number of rotatable bonds is 3. The Hall–Kier alpha value is -1.09. The van der Waals surface area contributed by atoms with Crippen molar-refractivity contribution in [3.63, 3.8) is 0 Å². The fraction of sp³-hybridized carbons (Fsp3) is 0.214. The zero-order valence-electron chi connectivity index (χ0n) is 10.2. The number of aromatic nitrogens is 1. The van der Waals surface area contributed by atoms with Crippen molar-refractivity contribution >= 4 is 23.2 Å². The van der Waals surface area contributed by atoms with Crippen LogP contribution in [0.2, 0.25) is 10.0 Å². The molecule has 18 heavy (non-hydrogen) atoms. The van der Waals surface area contributed by atoms with Gasteiger partial charge in [-0.05, 0) is 49.4 Å². The van der Waals surface area contributed by atoms with E-state index in [4.69, 9.17) is 23.2 Å². The van der Waals surface area contributed by atoms with Gasteiger partial charge in [-0.2, -0.15) is 0 Å². The summed E-state index contributed by atoms with van der Waals surface area (Å²) in [6.45, 7) is 2.03. The Morgan fingerprint density at radius 2 is 2.00 bits per heavy atom. The van der Waals surface area contributed by atoms with Crippen LogP contribution in [0.15, 0.2) is 36.5 Å². The van der Waals surface area contributed by atoms with E-state index in [0.717, 1.165) is 16.8 Å². The molecule has 1 aromatic carbocycles. The number of aryl methyl sites for hydroxylation is 1. The summed E-state index contributed by atoms with van der Waals surface area (Å²) in [5.41, 5.74) is 3.02. The fourth-order valence-corrected chi connectivity index (χ4v) is 2.38. The lowest BCUT2D eigenvalue weighted by Gasteiger charge is -2.19. The summed E-state index contributed by atoms with van der Waals surface area (Å²) in [5.74, 6) is 0. The average molecular weight is 281 g/mol. The standard InChI is InChI=1S/C14H14Cl2N2/c1-9-4-3-7-18-13(9)14(17-2)11-8-10(15)5-6-12(11)16/h3-8,14,17H,1-2H3. The lowest BCUT2D eigenvalue weighted by Crippen LogP contribution is -2.20. The molecule has 0 radical (unpaired) electrons. The molecular formula is C14H14Cl2N2. The number of nitrogens with zero attached hydrogens (tertiary/aromatic N) is 1. The fourth-order valence-electron chi connectivity index (χ4n) is 1.98. The van der Waals surface area contributed by atoms with E-state index in [2.05, 4.69) is 10.3 Å². The Morgan fingerprint density at radius 3 is 2.67 bits per heavy atom. The van der Waals surface area contributed by atoms with Crippen LogP contribution in [-0.4, -0.2) is 12.0 Å². The van der Waals surface area contributed by atoms with Gasteiger partial charge in [0.05, 0.1) is 11.7 Å². The largest absolute Gasteiger partial charge is 0.308 e. The summed E-state index contributed by atoms with van der Waals surface area (Å²) < 4.78 is 0. The van der Waals surface area contributed by atoms with Crippen molar-refractivity contribution in [2.45, 2.75) is 13.0 Å². The van der Waals surface area contributed by atoms with Gasteiger partial charge in [0.25, 0.3) is 0 Å². The monoisotopic (exact) mass is 280 g/mol. The highest BCUT2D eigenvalue weighted by Crippen LogP contribution is 2.30. The molecule has 0 aliphatic carbocycles. The van der Waals surface area contributed by atoms with Crippen LogP contribution in [-0.2, 0) is 0 Å². The molecule has 0 fully saturated rings. The van der Waals surface area contributed by atoms with E-state index in [0.29, 0.717) is 10.0 Å². The Morgan fingerprint density at radius 1 is 1.22 bits per heavy atom. The maximum absolute atomic E-state index is 6.25. The third-order valence-electron chi connectivity index (χ3n) is 2.88. The first-order valence-corrected chi connectivity index (χ1v) is 6.43. The molecule has 0 aliphatic rings. The van der Waals surface area contributed by atoms with Gasteiger partial charge in [-0.25, -0.2) is 0 Å². The molecule has 0 amide bonds. The lowest BCUT2D eigenvalue weighted by molar-refractivity contribution is 0.666. The van der Waals surface area contributed by atoms with Gasteiger partial charge in [0.1, 0.15) is 0 Å². The predicted octanol–water partition coefficient (Wildman–Crippen LogP) is 4.01. The summed E-state index contributed by atoms with van der Waals surface area (Å²) in [4.78, 5) is 4.43. The first kappa shape index (κ1) is 13.3. The van der Waals surface area contributed by atoms with Gasteiger partial charge in [-0.15, -0.1) is 0 Å². The van der Waals surface area contributed by atoms with Crippen LogP contribution in [0.3, 0.4) is 0 Å². The van der Waals surface area contributed by atoms with Gasteiger partial charge in [0.15, 0.2) is 0 Å². The number of benzene rings is 1. The van der Waals surface area contributed by atoms with Crippen LogP contribution in [0.4, 0.5) is 0 Å². The normalized spacial score (nSPS) is 12.4. The van der Waals surface area contributed by atoms with Gasteiger partial charge in [-0.3, -0.25) is 4.98 Å². The molecular weight excluding hydrogens is 267 g/mol. The summed E-state index contributed by atoms with van der Waals surface area (Å²) >= 11 is 12.3. The summed E-state index contributed by atoms with van der Waals surface area (Å²) in [7, 11) is 1.88. The molecule has 2 rings (SSSR count). The van der Waals surface area contributed by atoms with Crippen molar-refractivity contribution in [1.29, 1.82) is 0 Å². The zero-order chi connectivity index (χ0) is 13.1. The van der Waals surface area contributed by atoms with Gasteiger partial charge in [0.2, 0.25) is 0 Å². The maximum atomic E-state index is 6.25. The van der Waals surface area contributed by atoms with Gasteiger partial charge < -0.3 is 5.32 Å². The zero-order valence-corrected chi connectivity index (χ0v) is 11.8. The van der Waals surface area contributed by atoms with Crippen LogP contribution in [0.1, 0.15) is 22.9 Å². The number of hydrogen-bond acceptors (Lipinski definition) is 2. The minimum absolute atomic E-state index is 0.0580. The number of hydrogen-bond donors (Lipinski definition) is 1. The van der Waals surface area contributed by atoms with Crippen LogP contribution >= 0.6 is 23.2 Å². The second kappa shape index (κ2) is 5.70. The Bertz CT molecular complexity index is 555. The van der Waals surface area contributed by atoms with Crippen molar-refractivity contribution in [3.8, 4) is 0 Å². The van der Waals surface area contributed by atoms with E-state index in [1.54, 1.807) is 12.3 Å². The van der Waals surface area contributed by atoms with Crippen LogP contribution in [0, 0.1) is 6.92 Å². The third-order valence-corrected chi connectivity index (χ3v) is 3.46. The molecule has 2 aromatic rings. The van der Waals surface area contributed by atoms with E-state index >= 15 is 0 Å². The highest BCUT2D eigenvalue weighted by atomic mass is 35.5. The minimum atomic E-state index is -0.0580. The van der Waals surface area contributed by atoms with Crippen molar-refractivity contribution in [1.82, 2.24) is 10.3 Å². The lowest BCUT2D eigenvalue weighted by atomic mass is 10.00. The topological polar surface area (TPSA) is 24.9 Å². The van der Waals surface area contributed by atoms with E-state index in [9.17, 15) is 0 Å². The number of pyridine rings is 1. The van der Waals surface area contributed by atoms with E-state index in [1.807, 2.05) is 38.2 Å². The van der Waals surface area contributed by atoms with Gasteiger partial charge in [0, 0.05) is 16.2 Å². The van der Waals surface area contributed by atoms with E-state index < -0.39 is 0 Å². The molecule has 0 spiro atoms. The van der Waals surface area contributed by atoms with Crippen molar-refractivity contribution < 1.29 is 0 Å². The van der Waals surface area contributed by atoms with Crippen LogP contribution in [0.5, 0.6) is 0 Å². The van der Waals surface area contributed by atoms with Crippen molar-refractivity contribution in [2.75, 3.05) is 7.05 Å². The third kappa shape index (κ3) is 2.66. The average Bonchev–Trinajstić information content (AvgIpc) is 2.36. The highest BCUT2D eigenvalue weighted by molar-refractivity contribution is 6.33. The van der Waals surface area contributed by atoms with Crippen LogP contribution in [0.25, 0.3) is 0 Å². The summed E-state index contributed by atoms with van der Waals surface area (Å²) in [5, 5.41) is 4.59. The second-order valence-corrected chi connectivity index (χ2v) is 4.94.